The number of aromatic nitrogens is 2. The van der Waals surface area contributed by atoms with Crippen LogP contribution in [-0.2, 0) is 11.3 Å². The second-order valence-electron chi connectivity index (χ2n) is 7.85. The fraction of sp³-hybridized carbons (Fsp3) is 0.231. The van der Waals surface area contributed by atoms with Crippen molar-refractivity contribution in [3.05, 3.63) is 89.7 Å². The highest BCUT2D eigenvalue weighted by atomic mass is 16.5. The molecule has 2 aromatic heterocycles. The van der Waals surface area contributed by atoms with Gasteiger partial charge in [-0.15, -0.1) is 0 Å². The first-order chi connectivity index (χ1) is 15.7. The van der Waals surface area contributed by atoms with Crippen molar-refractivity contribution in [2.45, 2.75) is 25.8 Å². The standard InChI is InChI=1S/C18H19N3O.C8H9NO/c1-12-10-21-18-17(12)16(7-9-20-18)22-15-4-2-13(3-5-15)14-6-8-19-11-14;10-7-9-6-8-4-2-1-3-5-8/h2-5,7,9-10,14,19H,6,8,11H2,1H3,(H,20,21);1-5,7H,6H2,(H,9,10). The molecule has 1 atom stereocenters. The summed E-state index contributed by atoms with van der Waals surface area (Å²) in [7, 11) is 0. The number of fused-ring (bicyclic) bond motifs is 1. The minimum Gasteiger partial charge on any atom is -0.457 e. The van der Waals surface area contributed by atoms with Crippen molar-refractivity contribution in [3.8, 4) is 11.5 Å². The Morgan fingerprint density at radius 1 is 1.12 bits per heavy atom. The third kappa shape index (κ3) is 5.34. The van der Waals surface area contributed by atoms with E-state index in [4.69, 9.17) is 4.74 Å². The molecule has 1 amide bonds. The first-order valence-corrected chi connectivity index (χ1v) is 10.9. The zero-order valence-corrected chi connectivity index (χ0v) is 18.2. The van der Waals surface area contributed by atoms with E-state index in [0.29, 0.717) is 18.9 Å². The molecule has 0 radical (unpaired) electrons. The molecule has 0 saturated carbocycles. The molecule has 164 valence electrons. The van der Waals surface area contributed by atoms with E-state index >= 15 is 0 Å². The van der Waals surface area contributed by atoms with E-state index in [1.54, 1.807) is 6.20 Å². The van der Waals surface area contributed by atoms with E-state index in [1.165, 1.54) is 12.0 Å². The van der Waals surface area contributed by atoms with Crippen LogP contribution in [0.1, 0.15) is 29.0 Å². The summed E-state index contributed by atoms with van der Waals surface area (Å²) in [4.78, 5) is 17.4. The number of hydrogen-bond donors (Lipinski definition) is 3. The first kappa shape index (κ1) is 21.6. The van der Waals surface area contributed by atoms with Crippen molar-refractivity contribution in [3.63, 3.8) is 0 Å². The van der Waals surface area contributed by atoms with Gasteiger partial charge in [0.05, 0.1) is 5.39 Å². The number of rotatable bonds is 6. The number of ether oxygens (including phenoxy) is 1. The molecule has 3 heterocycles. The third-order valence-electron chi connectivity index (χ3n) is 5.60. The van der Waals surface area contributed by atoms with Crippen LogP contribution < -0.4 is 15.4 Å². The Bertz CT molecular complexity index is 1130. The average molecular weight is 429 g/mol. The van der Waals surface area contributed by atoms with Gasteiger partial charge in [0.2, 0.25) is 6.41 Å². The Hall–Kier alpha value is -3.64. The number of aromatic amines is 1. The van der Waals surface area contributed by atoms with Gasteiger partial charge in [-0.2, -0.15) is 0 Å². The molecule has 1 saturated heterocycles. The summed E-state index contributed by atoms with van der Waals surface area (Å²) in [5.41, 5.74) is 4.51. The molecule has 6 heteroatoms. The lowest BCUT2D eigenvalue weighted by Gasteiger charge is -2.11. The van der Waals surface area contributed by atoms with Gasteiger partial charge in [-0.1, -0.05) is 42.5 Å². The van der Waals surface area contributed by atoms with Gasteiger partial charge >= 0.3 is 0 Å². The highest BCUT2D eigenvalue weighted by molar-refractivity contribution is 5.86. The third-order valence-corrected chi connectivity index (χ3v) is 5.60. The van der Waals surface area contributed by atoms with Crippen molar-refractivity contribution in [2.75, 3.05) is 13.1 Å². The summed E-state index contributed by atoms with van der Waals surface area (Å²) in [6.45, 7) is 4.87. The minimum atomic E-state index is 0.615. The highest BCUT2D eigenvalue weighted by Gasteiger charge is 2.16. The lowest BCUT2D eigenvalue weighted by atomic mass is 9.98. The van der Waals surface area contributed by atoms with E-state index in [9.17, 15) is 4.79 Å². The summed E-state index contributed by atoms with van der Waals surface area (Å²) in [6, 6.07) is 20.2. The van der Waals surface area contributed by atoms with Gasteiger partial charge < -0.3 is 20.4 Å². The van der Waals surface area contributed by atoms with Crippen molar-refractivity contribution >= 4 is 17.4 Å². The fourth-order valence-electron chi connectivity index (χ4n) is 3.90. The fourth-order valence-corrected chi connectivity index (χ4v) is 3.90. The largest absolute Gasteiger partial charge is 0.457 e. The molecule has 1 fully saturated rings. The van der Waals surface area contributed by atoms with Crippen LogP contribution in [0, 0.1) is 6.92 Å². The lowest BCUT2D eigenvalue weighted by molar-refractivity contribution is -0.109. The predicted molar refractivity (Wildman–Crippen MR) is 127 cm³/mol. The summed E-state index contributed by atoms with van der Waals surface area (Å²) >= 11 is 0. The molecule has 0 aliphatic carbocycles. The van der Waals surface area contributed by atoms with Crippen molar-refractivity contribution in [1.29, 1.82) is 0 Å². The summed E-state index contributed by atoms with van der Waals surface area (Å²) in [5.74, 6) is 2.34. The maximum atomic E-state index is 9.87. The van der Waals surface area contributed by atoms with Gasteiger partial charge in [0.15, 0.2) is 0 Å². The number of benzene rings is 2. The number of nitrogens with zero attached hydrogens (tertiary/aromatic N) is 1. The number of nitrogens with one attached hydrogen (secondary N) is 3. The van der Waals surface area contributed by atoms with Crippen LogP contribution in [0.4, 0.5) is 0 Å². The molecule has 5 rings (SSSR count). The SMILES string of the molecule is Cc1c[nH]c2nccc(Oc3ccc(C4CCNC4)cc3)c12.O=CNCc1ccccc1. The molecule has 3 N–H and O–H groups in total. The second-order valence-corrected chi connectivity index (χ2v) is 7.85. The monoisotopic (exact) mass is 428 g/mol. The van der Waals surface area contributed by atoms with Crippen LogP contribution in [0.25, 0.3) is 11.0 Å². The maximum Gasteiger partial charge on any atom is 0.207 e. The van der Waals surface area contributed by atoms with Gasteiger partial charge in [-0.25, -0.2) is 4.98 Å². The summed E-state index contributed by atoms with van der Waals surface area (Å²) in [5, 5.41) is 7.04. The molecule has 4 aromatic rings. The van der Waals surface area contributed by atoms with Gasteiger partial charge in [-0.05, 0) is 60.7 Å². The first-order valence-electron chi connectivity index (χ1n) is 10.9. The number of aryl methyl sites for hydroxylation is 1. The molecule has 1 aliphatic rings. The van der Waals surface area contributed by atoms with Gasteiger partial charge in [0.1, 0.15) is 17.1 Å². The number of H-pyrrole nitrogens is 1. The number of carbonyl (C=O) groups is 1. The molecule has 32 heavy (non-hydrogen) atoms. The van der Waals surface area contributed by atoms with Crippen molar-refractivity contribution in [1.82, 2.24) is 20.6 Å². The Labute approximate surface area is 188 Å². The smallest absolute Gasteiger partial charge is 0.207 e. The van der Waals surface area contributed by atoms with E-state index < -0.39 is 0 Å². The van der Waals surface area contributed by atoms with E-state index in [2.05, 4.69) is 51.8 Å². The van der Waals surface area contributed by atoms with Crippen LogP contribution in [0.15, 0.2) is 73.1 Å². The Balaban J connectivity index is 0.000000207. The maximum absolute atomic E-state index is 9.87. The van der Waals surface area contributed by atoms with Crippen LogP contribution in [0.2, 0.25) is 0 Å². The van der Waals surface area contributed by atoms with E-state index in [-0.39, 0.29) is 0 Å². The van der Waals surface area contributed by atoms with Gasteiger partial charge in [-0.3, -0.25) is 4.79 Å². The van der Waals surface area contributed by atoms with Gasteiger partial charge in [0, 0.05) is 25.5 Å². The zero-order valence-electron chi connectivity index (χ0n) is 18.2. The number of hydrogen-bond acceptors (Lipinski definition) is 4. The Morgan fingerprint density at radius 3 is 2.66 bits per heavy atom. The van der Waals surface area contributed by atoms with Gasteiger partial charge in [0.25, 0.3) is 0 Å². The van der Waals surface area contributed by atoms with Crippen LogP contribution in [0.3, 0.4) is 0 Å². The zero-order chi connectivity index (χ0) is 22.2. The molecule has 1 unspecified atom stereocenters. The normalized spacial score (nSPS) is 15.1. The summed E-state index contributed by atoms with van der Waals surface area (Å²) < 4.78 is 6.07. The molecule has 6 nitrogen and oxygen atoms in total. The van der Waals surface area contributed by atoms with E-state index in [1.807, 2.05) is 42.6 Å². The Morgan fingerprint density at radius 2 is 1.94 bits per heavy atom. The van der Waals surface area contributed by atoms with Crippen molar-refractivity contribution in [2.24, 2.45) is 0 Å². The average Bonchev–Trinajstić information content (AvgIpc) is 3.50. The van der Waals surface area contributed by atoms with Crippen LogP contribution in [0.5, 0.6) is 11.5 Å². The number of amides is 1. The van der Waals surface area contributed by atoms with Crippen LogP contribution in [-0.4, -0.2) is 29.5 Å². The molecule has 0 bridgehead atoms. The number of pyridine rings is 1. The molecule has 0 spiro atoms. The molecular weight excluding hydrogens is 400 g/mol. The second kappa shape index (κ2) is 10.6. The van der Waals surface area contributed by atoms with Crippen molar-refractivity contribution < 1.29 is 9.53 Å². The molecular formula is C26H28N4O2. The topological polar surface area (TPSA) is 79.0 Å². The molecule has 1 aliphatic heterocycles. The van der Waals surface area contributed by atoms with E-state index in [0.717, 1.165) is 46.7 Å². The number of carbonyl (C=O) groups excluding carboxylic acids is 1. The quantitative estimate of drug-likeness (QED) is 0.390. The highest BCUT2D eigenvalue weighted by Crippen LogP contribution is 2.32. The lowest BCUT2D eigenvalue weighted by Crippen LogP contribution is -2.09. The molecule has 2 aromatic carbocycles. The predicted octanol–water partition coefficient (Wildman–Crippen LogP) is 4.67. The van der Waals surface area contributed by atoms with Crippen LogP contribution >= 0.6 is 0 Å². The Kier molecular flexibility index (Phi) is 7.15. The summed E-state index contributed by atoms with van der Waals surface area (Å²) in [6.07, 6.45) is 5.65. The minimum absolute atomic E-state index is 0.615.